The van der Waals surface area contributed by atoms with Gasteiger partial charge in [0.05, 0.1) is 10.6 Å². The first-order valence-corrected chi connectivity index (χ1v) is 8.52. The summed E-state index contributed by atoms with van der Waals surface area (Å²) >= 11 is 5.88. The number of hydrogen-bond acceptors (Lipinski definition) is 3. The number of rotatable bonds is 4. The summed E-state index contributed by atoms with van der Waals surface area (Å²) in [5.74, 6) is -0.674. The molecule has 3 rings (SSSR count). The number of hydrogen-bond donors (Lipinski definition) is 0. The van der Waals surface area contributed by atoms with E-state index in [1.54, 1.807) is 12.1 Å². The van der Waals surface area contributed by atoms with Crippen molar-refractivity contribution >= 4 is 23.2 Å². The topological polar surface area (TPSA) is 47.0 Å². The predicted octanol–water partition coefficient (Wildman–Crippen LogP) is 5.02. The Morgan fingerprint density at radius 1 is 1.23 bits per heavy atom. The van der Waals surface area contributed by atoms with E-state index in [9.17, 15) is 22.8 Å². The van der Waals surface area contributed by atoms with Gasteiger partial charge < -0.3 is 0 Å². The number of ketones is 2. The van der Waals surface area contributed by atoms with E-state index in [1.807, 2.05) is 0 Å². The van der Waals surface area contributed by atoms with Crippen LogP contribution in [0.5, 0.6) is 0 Å². The fraction of sp³-hybridized carbons (Fsp3) is 0.316. The first-order valence-electron chi connectivity index (χ1n) is 8.14. The average molecular weight is 382 g/mol. The van der Waals surface area contributed by atoms with E-state index in [4.69, 9.17) is 11.6 Å². The van der Waals surface area contributed by atoms with Crippen molar-refractivity contribution in [3.8, 4) is 0 Å². The lowest BCUT2D eigenvalue weighted by Gasteiger charge is -2.22. The Labute approximate surface area is 153 Å². The van der Waals surface area contributed by atoms with E-state index >= 15 is 0 Å². The van der Waals surface area contributed by atoms with E-state index < -0.39 is 17.7 Å². The molecule has 1 unspecified atom stereocenters. The maximum absolute atomic E-state index is 12.9. The number of aromatic nitrogens is 1. The number of benzene rings is 1. The lowest BCUT2D eigenvalue weighted by Crippen LogP contribution is -2.23. The largest absolute Gasteiger partial charge is 0.417 e. The molecule has 0 aliphatic heterocycles. The number of pyridine rings is 1. The molecule has 0 saturated heterocycles. The normalized spacial score (nSPS) is 17.1. The zero-order valence-corrected chi connectivity index (χ0v) is 14.4. The summed E-state index contributed by atoms with van der Waals surface area (Å²) in [6.07, 6.45) is -2.23. The van der Waals surface area contributed by atoms with E-state index in [-0.39, 0.29) is 41.4 Å². The number of carbonyl (C=O) groups is 2. The third kappa shape index (κ3) is 3.65. The first-order chi connectivity index (χ1) is 12.3. The zero-order valence-electron chi connectivity index (χ0n) is 13.6. The maximum Gasteiger partial charge on any atom is 0.417 e. The average Bonchev–Trinajstić information content (AvgIpc) is 2.60. The lowest BCUT2D eigenvalue weighted by atomic mass is 9.81. The van der Waals surface area contributed by atoms with Crippen LogP contribution in [0.4, 0.5) is 13.2 Å². The van der Waals surface area contributed by atoms with Crippen molar-refractivity contribution in [3.05, 3.63) is 63.9 Å². The van der Waals surface area contributed by atoms with Crippen LogP contribution in [-0.4, -0.2) is 16.6 Å². The van der Waals surface area contributed by atoms with E-state index in [0.29, 0.717) is 17.7 Å². The van der Waals surface area contributed by atoms with Crippen molar-refractivity contribution in [2.24, 2.45) is 0 Å². The Balaban J connectivity index is 1.77. The molecule has 26 heavy (non-hydrogen) atoms. The minimum absolute atomic E-state index is 0.0498. The second-order valence-electron chi connectivity index (χ2n) is 6.20. The molecule has 0 radical (unpaired) electrons. The first kappa shape index (κ1) is 18.6. The second-order valence-corrected chi connectivity index (χ2v) is 6.58. The van der Waals surface area contributed by atoms with Gasteiger partial charge in [-0.2, -0.15) is 13.2 Å². The molecule has 0 fully saturated rings. The summed E-state index contributed by atoms with van der Waals surface area (Å²) in [6, 6.07) is 7.07. The third-order valence-corrected chi connectivity index (χ3v) is 5.00. The summed E-state index contributed by atoms with van der Waals surface area (Å²) in [7, 11) is 0. The Hall–Kier alpha value is -2.21. The Morgan fingerprint density at radius 3 is 2.73 bits per heavy atom. The number of halogens is 4. The molecule has 1 heterocycles. The molecule has 1 aliphatic carbocycles. The van der Waals surface area contributed by atoms with Gasteiger partial charge in [-0.05, 0) is 36.1 Å². The van der Waals surface area contributed by atoms with E-state index in [1.165, 1.54) is 18.3 Å². The zero-order chi connectivity index (χ0) is 18.9. The number of Topliss-reactive ketones (excluding diaryl/α,β-unsaturated/α-hetero) is 2. The highest BCUT2D eigenvalue weighted by Crippen LogP contribution is 2.37. The van der Waals surface area contributed by atoms with Crippen molar-refractivity contribution in [1.82, 2.24) is 4.98 Å². The molecule has 0 saturated carbocycles. The fourth-order valence-corrected chi connectivity index (χ4v) is 3.57. The molecule has 1 aliphatic rings. The Bertz CT molecular complexity index is 864. The van der Waals surface area contributed by atoms with Crippen molar-refractivity contribution in [1.29, 1.82) is 0 Å². The molecule has 2 aromatic rings. The number of alkyl halides is 3. The summed E-state index contributed by atoms with van der Waals surface area (Å²) in [4.78, 5) is 28.6. The van der Waals surface area contributed by atoms with Gasteiger partial charge in [0.25, 0.3) is 0 Å². The Kier molecular flexibility index (Phi) is 5.14. The van der Waals surface area contributed by atoms with Crippen LogP contribution >= 0.6 is 11.6 Å². The molecule has 0 amide bonds. The van der Waals surface area contributed by atoms with Gasteiger partial charge in [0, 0.05) is 25.0 Å². The summed E-state index contributed by atoms with van der Waals surface area (Å²) in [5, 5.41) is -0.367. The highest BCUT2D eigenvalue weighted by Gasteiger charge is 2.34. The standard InChI is InChI=1S/C19H15ClF3NO2/c20-17-11(3-1-5-14(17)19(21,22)23)6-8-15(25)12-7-9-16(26)18-13(12)4-2-10-24-18/h1-5,10,12H,6-9H2. The highest BCUT2D eigenvalue weighted by atomic mass is 35.5. The SMILES string of the molecule is O=C1CCC(C(=O)CCc2cccc(C(F)(F)F)c2Cl)c2cccnc21. The molecule has 7 heteroatoms. The van der Waals surface area contributed by atoms with Gasteiger partial charge in [-0.25, -0.2) is 0 Å². The van der Waals surface area contributed by atoms with Crippen LogP contribution in [-0.2, 0) is 17.4 Å². The van der Waals surface area contributed by atoms with Crippen LogP contribution in [0.15, 0.2) is 36.5 Å². The molecule has 1 aromatic heterocycles. The maximum atomic E-state index is 12.9. The molecule has 136 valence electrons. The van der Waals surface area contributed by atoms with Crippen LogP contribution in [0, 0.1) is 0 Å². The highest BCUT2D eigenvalue weighted by molar-refractivity contribution is 6.32. The number of nitrogens with zero attached hydrogens (tertiary/aromatic N) is 1. The van der Waals surface area contributed by atoms with Crippen molar-refractivity contribution in [2.45, 2.75) is 37.8 Å². The van der Waals surface area contributed by atoms with E-state index in [2.05, 4.69) is 4.98 Å². The number of carbonyl (C=O) groups excluding carboxylic acids is 2. The van der Waals surface area contributed by atoms with Crippen LogP contribution in [0.3, 0.4) is 0 Å². The summed E-state index contributed by atoms with van der Waals surface area (Å²) < 4.78 is 38.8. The van der Waals surface area contributed by atoms with E-state index in [0.717, 1.165) is 6.07 Å². The molecule has 0 bridgehead atoms. The quantitative estimate of drug-likeness (QED) is 0.747. The minimum atomic E-state index is -4.54. The van der Waals surface area contributed by atoms with Crippen LogP contribution in [0.2, 0.25) is 5.02 Å². The van der Waals surface area contributed by atoms with Gasteiger partial charge in [-0.3, -0.25) is 14.6 Å². The summed E-state index contributed by atoms with van der Waals surface area (Å²) in [5.41, 5.74) is 0.299. The van der Waals surface area contributed by atoms with Gasteiger partial charge in [-0.1, -0.05) is 29.8 Å². The molecule has 3 nitrogen and oxygen atoms in total. The van der Waals surface area contributed by atoms with Crippen LogP contribution in [0.25, 0.3) is 0 Å². The Morgan fingerprint density at radius 2 is 2.00 bits per heavy atom. The van der Waals surface area contributed by atoms with Gasteiger partial charge in [-0.15, -0.1) is 0 Å². The van der Waals surface area contributed by atoms with Crippen LogP contribution < -0.4 is 0 Å². The number of aryl methyl sites for hydroxylation is 1. The summed E-state index contributed by atoms with van der Waals surface area (Å²) in [6.45, 7) is 0. The third-order valence-electron chi connectivity index (χ3n) is 4.55. The van der Waals surface area contributed by atoms with Crippen molar-refractivity contribution in [3.63, 3.8) is 0 Å². The van der Waals surface area contributed by atoms with Gasteiger partial charge in [0.1, 0.15) is 11.5 Å². The number of fused-ring (bicyclic) bond motifs is 1. The van der Waals surface area contributed by atoms with Crippen LogP contribution in [0.1, 0.15) is 52.4 Å². The smallest absolute Gasteiger partial charge is 0.299 e. The van der Waals surface area contributed by atoms with Gasteiger partial charge in [0.15, 0.2) is 5.78 Å². The minimum Gasteiger partial charge on any atom is -0.299 e. The van der Waals surface area contributed by atoms with Crippen molar-refractivity contribution < 1.29 is 22.8 Å². The van der Waals surface area contributed by atoms with Gasteiger partial charge in [0.2, 0.25) is 0 Å². The molecule has 0 spiro atoms. The van der Waals surface area contributed by atoms with Gasteiger partial charge >= 0.3 is 6.18 Å². The second kappa shape index (κ2) is 7.19. The molecular weight excluding hydrogens is 367 g/mol. The molecule has 1 aromatic carbocycles. The predicted molar refractivity (Wildman–Crippen MR) is 90.3 cm³/mol. The lowest BCUT2D eigenvalue weighted by molar-refractivity contribution is -0.137. The fourth-order valence-electron chi connectivity index (χ4n) is 3.24. The molecular formula is C19H15ClF3NO2. The van der Waals surface area contributed by atoms with Crippen molar-refractivity contribution in [2.75, 3.05) is 0 Å². The molecule has 1 atom stereocenters. The molecule has 0 N–H and O–H groups in total. The monoisotopic (exact) mass is 381 g/mol.